The van der Waals surface area contributed by atoms with Crippen LogP contribution in [0.5, 0.6) is 0 Å². The Morgan fingerprint density at radius 2 is 2.22 bits per heavy atom. The number of nitrogens with two attached hydrogens (primary N) is 1. The second-order valence-electron chi connectivity index (χ2n) is 5.94. The first-order valence-corrected chi connectivity index (χ1v) is 10.2. The lowest BCUT2D eigenvalue weighted by atomic mass is 9.90. The lowest BCUT2D eigenvalue weighted by Gasteiger charge is -2.48. The number of nitrogens with zero attached hydrogens (tertiary/aromatic N) is 3. The van der Waals surface area contributed by atoms with Gasteiger partial charge in [0.15, 0.2) is 0 Å². The Labute approximate surface area is 148 Å². The predicted octanol–water partition coefficient (Wildman–Crippen LogP) is 2.50. The van der Waals surface area contributed by atoms with Crippen LogP contribution in [0.3, 0.4) is 0 Å². The lowest BCUT2D eigenvalue weighted by molar-refractivity contribution is 0.342. The van der Waals surface area contributed by atoms with Crippen LogP contribution in [-0.4, -0.2) is 43.0 Å². The van der Waals surface area contributed by atoms with Gasteiger partial charge >= 0.3 is 0 Å². The molecule has 9 heteroatoms. The minimum absolute atomic E-state index is 0.110. The molecule has 2 N–H and O–H groups in total. The predicted molar refractivity (Wildman–Crippen MR) is 96.7 cm³/mol. The summed E-state index contributed by atoms with van der Waals surface area (Å²) in [5.74, 6) is 0.311. The van der Waals surface area contributed by atoms with Crippen molar-refractivity contribution < 1.29 is 8.42 Å². The molecule has 0 aliphatic carbocycles. The fraction of sp³-hybridized carbons (Fsp3) is 0.429. The number of rotatable bonds is 3. The van der Waals surface area contributed by atoms with Gasteiger partial charge in [0.05, 0.1) is 11.4 Å². The maximum absolute atomic E-state index is 11.5. The first kappa shape index (κ1) is 16.7. The zero-order valence-electron chi connectivity index (χ0n) is 12.6. The summed E-state index contributed by atoms with van der Waals surface area (Å²) in [5, 5.41) is 0.944. The van der Waals surface area contributed by atoms with Crippen LogP contribution in [0.15, 0.2) is 16.7 Å². The molecular weight excluding hydrogens is 404 g/mol. The first-order chi connectivity index (χ1) is 10.7. The number of aromatic nitrogens is 2. The number of sulfone groups is 1. The van der Waals surface area contributed by atoms with Crippen molar-refractivity contribution in [3.05, 3.63) is 22.0 Å². The van der Waals surface area contributed by atoms with Crippen molar-refractivity contribution in [2.45, 2.75) is 13.0 Å². The minimum atomic E-state index is -2.98. The van der Waals surface area contributed by atoms with Gasteiger partial charge in [0.1, 0.15) is 15.4 Å². The fourth-order valence-electron chi connectivity index (χ4n) is 2.97. The molecule has 0 saturated carbocycles. The van der Waals surface area contributed by atoms with Crippen LogP contribution < -0.4 is 10.6 Å². The number of halogens is 2. The average molecular weight is 420 g/mol. The van der Waals surface area contributed by atoms with Crippen molar-refractivity contribution in [2.75, 3.05) is 29.2 Å². The van der Waals surface area contributed by atoms with Gasteiger partial charge in [-0.15, -0.1) is 0 Å². The highest BCUT2D eigenvalue weighted by atomic mass is 79.9. The molecule has 23 heavy (non-hydrogen) atoms. The van der Waals surface area contributed by atoms with Gasteiger partial charge in [-0.05, 0) is 40.5 Å². The number of hydrogen-bond donors (Lipinski definition) is 1. The monoisotopic (exact) mass is 418 g/mol. The molecule has 0 spiro atoms. The Balaban J connectivity index is 2.00. The molecule has 0 bridgehead atoms. The summed E-state index contributed by atoms with van der Waals surface area (Å²) in [7, 11) is -2.98. The highest BCUT2D eigenvalue weighted by Crippen LogP contribution is 2.40. The molecule has 1 saturated heterocycles. The zero-order chi connectivity index (χ0) is 16.9. The molecule has 6 nitrogen and oxygen atoms in total. The van der Waals surface area contributed by atoms with E-state index in [1.165, 1.54) is 6.26 Å². The molecule has 124 valence electrons. The van der Waals surface area contributed by atoms with Gasteiger partial charge in [0, 0.05) is 46.5 Å². The fourth-order valence-corrected chi connectivity index (χ4v) is 4.67. The van der Waals surface area contributed by atoms with Crippen molar-refractivity contribution >= 4 is 59.6 Å². The molecule has 1 aromatic carbocycles. The molecule has 1 fully saturated rings. The SMILES string of the molecule is C[C@@H]1[C@@H](CS(C)(=O)=O)CN1c1cc(Br)c(N)c2nc(Cl)ncc12. The van der Waals surface area contributed by atoms with Crippen LogP contribution in [0.4, 0.5) is 11.4 Å². The van der Waals surface area contributed by atoms with Crippen LogP contribution in [0.1, 0.15) is 6.92 Å². The summed E-state index contributed by atoms with van der Waals surface area (Å²) in [5.41, 5.74) is 8.09. The third kappa shape index (κ3) is 3.12. The van der Waals surface area contributed by atoms with Gasteiger partial charge in [-0.2, -0.15) is 0 Å². The van der Waals surface area contributed by atoms with E-state index in [0.717, 1.165) is 15.5 Å². The third-order valence-electron chi connectivity index (χ3n) is 4.24. The van der Waals surface area contributed by atoms with E-state index in [0.29, 0.717) is 17.7 Å². The number of fused-ring (bicyclic) bond motifs is 1. The second kappa shape index (κ2) is 5.75. The lowest BCUT2D eigenvalue weighted by Crippen LogP contribution is -2.57. The van der Waals surface area contributed by atoms with E-state index >= 15 is 0 Å². The maximum atomic E-state index is 11.5. The van der Waals surface area contributed by atoms with Gasteiger partial charge in [0.2, 0.25) is 5.28 Å². The largest absolute Gasteiger partial charge is 0.396 e. The summed E-state index contributed by atoms with van der Waals surface area (Å²) < 4.78 is 23.7. The summed E-state index contributed by atoms with van der Waals surface area (Å²) in [4.78, 5) is 10.4. The average Bonchev–Trinajstić information content (AvgIpc) is 2.46. The molecule has 1 aliphatic rings. The van der Waals surface area contributed by atoms with E-state index in [1.54, 1.807) is 6.20 Å². The zero-order valence-corrected chi connectivity index (χ0v) is 15.8. The quantitative estimate of drug-likeness (QED) is 0.607. The normalized spacial score (nSPS) is 21.5. The molecule has 2 aromatic rings. The highest BCUT2D eigenvalue weighted by Gasteiger charge is 2.38. The van der Waals surface area contributed by atoms with Gasteiger partial charge < -0.3 is 10.6 Å². The molecule has 3 rings (SSSR count). The smallest absolute Gasteiger partial charge is 0.222 e. The van der Waals surface area contributed by atoms with Crippen molar-refractivity contribution in [3.63, 3.8) is 0 Å². The van der Waals surface area contributed by atoms with E-state index in [1.807, 2.05) is 13.0 Å². The molecule has 2 heterocycles. The Hall–Kier alpha value is -1.12. The Bertz CT molecular complexity index is 890. The standard InChI is InChI=1S/C14H16BrClN4O2S/c1-7-8(6-23(2,21)22)5-20(7)11-3-10(15)12(17)13-9(11)4-18-14(16)19-13/h3-4,7-8H,5-6,17H2,1-2H3/t7-,8-/m1/s1. The van der Waals surface area contributed by atoms with E-state index in [9.17, 15) is 8.42 Å². The molecule has 0 radical (unpaired) electrons. The van der Waals surface area contributed by atoms with Gasteiger partial charge in [-0.3, -0.25) is 0 Å². The van der Waals surface area contributed by atoms with E-state index < -0.39 is 9.84 Å². The van der Waals surface area contributed by atoms with Crippen molar-refractivity contribution in [1.82, 2.24) is 9.97 Å². The van der Waals surface area contributed by atoms with Gasteiger partial charge in [-0.25, -0.2) is 18.4 Å². The number of nitrogen functional groups attached to an aromatic ring is 1. The van der Waals surface area contributed by atoms with Crippen LogP contribution in [0, 0.1) is 5.92 Å². The van der Waals surface area contributed by atoms with E-state index in [-0.39, 0.29) is 23.0 Å². The van der Waals surface area contributed by atoms with Gasteiger partial charge in [-0.1, -0.05) is 0 Å². The summed E-state index contributed by atoms with van der Waals surface area (Å²) in [6.45, 7) is 2.69. The summed E-state index contributed by atoms with van der Waals surface area (Å²) in [6, 6.07) is 2.03. The van der Waals surface area contributed by atoms with Crippen LogP contribution in [0.2, 0.25) is 5.28 Å². The number of benzene rings is 1. The summed E-state index contributed by atoms with van der Waals surface area (Å²) >= 11 is 9.32. The van der Waals surface area contributed by atoms with Crippen LogP contribution in [0.25, 0.3) is 10.9 Å². The van der Waals surface area contributed by atoms with Crippen molar-refractivity contribution in [2.24, 2.45) is 5.92 Å². The van der Waals surface area contributed by atoms with E-state index in [2.05, 4.69) is 30.8 Å². The Morgan fingerprint density at radius 1 is 1.52 bits per heavy atom. The molecular formula is C14H16BrClN4O2S. The number of hydrogen-bond acceptors (Lipinski definition) is 6. The minimum Gasteiger partial charge on any atom is -0.396 e. The van der Waals surface area contributed by atoms with Gasteiger partial charge in [0.25, 0.3) is 0 Å². The topological polar surface area (TPSA) is 89.2 Å². The second-order valence-corrected chi connectivity index (χ2v) is 9.32. The molecule has 0 amide bonds. The summed E-state index contributed by atoms with van der Waals surface area (Å²) in [6.07, 6.45) is 2.92. The molecule has 0 unspecified atom stereocenters. The highest BCUT2D eigenvalue weighted by molar-refractivity contribution is 9.10. The molecule has 2 atom stereocenters. The van der Waals surface area contributed by atoms with Crippen LogP contribution in [-0.2, 0) is 9.84 Å². The van der Waals surface area contributed by atoms with Crippen molar-refractivity contribution in [3.8, 4) is 0 Å². The number of anilines is 2. The molecule has 1 aliphatic heterocycles. The molecule has 1 aromatic heterocycles. The van der Waals surface area contributed by atoms with E-state index in [4.69, 9.17) is 17.3 Å². The first-order valence-electron chi connectivity index (χ1n) is 7.02. The third-order valence-corrected chi connectivity index (χ3v) is 6.11. The Morgan fingerprint density at radius 3 is 2.83 bits per heavy atom. The maximum Gasteiger partial charge on any atom is 0.222 e. The van der Waals surface area contributed by atoms with Crippen LogP contribution >= 0.6 is 27.5 Å². The van der Waals surface area contributed by atoms with Crippen molar-refractivity contribution in [1.29, 1.82) is 0 Å². The Kier molecular flexibility index (Phi) is 4.18.